The van der Waals surface area contributed by atoms with Crippen molar-refractivity contribution in [2.75, 3.05) is 13.7 Å². The number of aliphatic hydroxyl groups is 1. The number of hydrogen-bond donors (Lipinski definition) is 2. The molecule has 0 radical (unpaired) electrons. The van der Waals surface area contributed by atoms with E-state index < -0.39 is 29.8 Å². The Morgan fingerprint density at radius 2 is 1.84 bits per heavy atom. The van der Waals surface area contributed by atoms with Crippen LogP contribution in [0.5, 0.6) is 0 Å². The first-order valence-corrected chi connectivity index (χ1v) is 8.10. The summed E-state index contributed by atoms with van der Waals surface area (Å²) in [4.78, 5) is 23.6. The van der Waals surface area contributed by atoms with Gasteiger partial charge in [-0.05, 0) is 32.8 Å². The van der Waals surface area contributed by atoms with E-state index in [1.165, 1.54) is 7.11 Å². The number of carbonyl (C=O) groups is 2. The average molecular weight is 353 g/mol. The van der Waals surface area contributed by atoms with E-state index in [0.29, 0.717) is 6.61 Å². The van der Waals surface area contributed by atoms with Crippen molar-refractivity contribution in [1.29, 1.82) is 0 Å². The number of nitrogens with one attached hydrogen (secondary N) is 1. The van der Waals surface area contributed by atoms with Crippen LogP contribution in [-0.4, -0.2) is 48.6 Å². The van der Waals surface area contributed by atoms with Gasteiger partial charge in [-0.2, -0.15) is 0 Å². The molecule has 1 aromatic carbocycles. The van der Waals surface area contributed by atoms with Gasteiger partial charge in [0, 0.05) is 6.61 Å². The highest BCUT2D eigenvalue weighted by molar-refractivity contribution is 5.82. The summed E-state index contributed by atoms with van der Waals surface area (Å²) in [6, 6.07) is 8.36. The molecule has 7 nitrogen and oxygen atoms in total. The van der Waals surface area contributed by atoms with Gasteiger partial charge in [-0.3, -0.25) is 0 Å². The number of methoxy groups -OCH3 is 1. The van der Waals surface area contributed by atoms with E-state index in [4.69, 9.17) is 9.47 Å². The fourth-order valence-corrected chi connectivity index (χ4v) is 2.01. The summed E-state index contributed by atoms with van der Waals surface area (Å²) < 4.78 is 15.2. The molecule has 0 saturated heterocycles. The molecule has 0 aromatic heterocycles. The van der Waals surface area contributed by atoms with Crippen LogP contribution in [0, 0.1) is 0 Å². The van der Waals surface area contributed by atoms with Gasteiger partial charge in [0.1, 0.15) is 5.60 Å². The van der Waals surface area contributed by atoms with Crippen molar-refractivity contribution >= 4 is 12.1 Å². The minimum Gasteiger partial charge on any atom is -0.467 e. The van der Waals surface area contributed by atoms with Gasteiger partial charge < -0.3 is 24.6 Å². The molecule has 1 aromatic rings. The fraction of sp³-hybridized carbons (Fsp3) is 0.556. The van der Waals surface area contributed by atoms with Crippen molar-refractivity contribution in [2.45, 2.75) is 51.5 Å². The molecule has 0 aliphatic carbocycles. The van der Waals surface area contributed by atoms with Crippen LogP contribution in [0.3, 0.4) is 0 Å². The van der Waals surface area contributed by atoms with E-state index in [0.717, 1.165) is 5.56 Å². The first-order chi connectivity index (χ1) is 11.7. The second-order valence-electron chi connectivity index (χ2n) is 6.54. The van der Waals surface area contributed by atoms with Crippen LogP contribution in [0.2, 0.25) is 0 Å². The minimum atomic E-state index is -1.22. The molecule has 140 valence electrons. The third-order valence-electron chi connectivity index (χ3n) is 3.18. The summed E-state index contributed by atoms with van der Waals surface area (Å²) in [7, 11) is 1.19. The Morgan fingerprint density at radius 1 is 1.20 bits per heavy atom. The van der Waals surface area contributed by atoms with E-state index in [1.807, 2.05) is 30.3 Å². The molecule has 25 heavy (non-hydrogen) atoms. The summed E-state index contributed by atoms with van der Waals surface area (Å²) in [5, 5.41) is 12.5. The van der Waals surface area contributed by atoms with Crippen LogP contribution in [-0.2, 0) is 25.6 Å². The van der Waals surface area contributed by atoms with E-state index >= 15 is 0 Å². The quantitative estimate of drug-likeness (QED) is 0.548. The van der Waals surface area contributed by atoms with Crippen LogP contribution in [0.4, 0.5) is 4.79 Å². The summed E-state index contributed by atoms with van der Waals surface area (Å²) >= 11 is 0. The van der Waals surface area contributed by atoms with Crippen LogP contribution in [0.1, 0.15) is 32.8 Å². The topological polar surface area (TPSA) is 94.1 Å². The number of esters is 1. The lowest BCUT2D eigenvalue weighted by Gasteiger charge is -2.25. The Bertz CT molecular complexity index is 540. The Morgan fingerprint density at radius 3 is 2.40 bits per heavy atom. The zero-order chi connectivity index (χ0) is 18.9. The third-order valence-corrected chi connectivity index (χ3v) is 3.18. The van der Waals surface area contributed by atoms with Gasteiger partial charge in [0.25, 0.3) is 0 Å². The summed E-state index contributed by atoms with van der Waals surface area (Å²) in [6.45, 7) is 5.73. The molecule has 0 bridgehead atoms. The van der Waals surface area contributed by atoms with Crippen molar-refractivity contribution in [1.82, 2.24) is 5.32 Å². The van der Waals surface area contributed by atoms with E-state index in [2.05, 4.69) is 10.1 Å². The zero-order valence-electron chi connectivity index (χ0n) is 15.2. The number of rotatable bonds is 8. The molecule has 2 atom stereocenters. The van der Waals surface area contributed by atoms with Gasteiger partial charge in [0.05, 0.1) is 19.8 Å². The number of benzene rings is 1. The van der Waals surface area contributed by atoms with Crippen molar-refractivity contribution in [3.05, 3.63) is 35.9 Å². The van der Waals surface area contributed by atoms with Gasteiger partial charge in [-0.1, -0.05) is 30.3 Å². The summed E-state index contributed by atoms with van der Waals surface area (Å²) in [5.74, 6) is -0.749. The molecule has 0 aliphatic heterocycles. The monoisotopic (exact) mass is 353 g/mol. The lowest BCUT2D eigenvalue weighted by Crippen LogP contribution is -2.50. The first kappa shape index (κ1) is 20.9. The molecule has 0 spiro atoms. The maximum atomic E-state index is 11.8. The van der Waals surface area contributed by atoms with Crippen molar-refractivity contribution < 1.29 is 28.9 Å². The first-order valence-electron chi connectivity index (χ1n) is 8.10. The SMILES string of the molecule is COC(=O)[C@@H](NC(=O)OC(C)(C)C)[C@H](O)CCOCc1ccccc1. The molecule has 0 fully saturated rings. The van der Waals surface area contributed by atoms with Crippen LogP contribution in [0.25, 0.3) is 0 Å². The minimum absolute atomic E-state index is 0.155. The largest absolute Gasteiger partial charge is 0.467 e. The molecule has 1 rings (SSSR count). The Labute approximate surface area is 148 Å². The van der Waals surface area contributed by atoms with Crippen molar-refractivity contribution in [3.63, 3.8) is 0 Å². The van der Waals surface area contributed by atoms with Gasteiger partial charge in [0.15, 0.2) is 6.04 Å². The number of alkyl carbamates (subject to hydrolysis) is 1. The predicted molar refractivity (Wildman–Crippen MR) is 91.9 cm³/mol. The highest BCUT2D eigenvalue weighted by atomic mass is 16.6. The number of carbonyl (C=O) groups excluding carboxylic acids is 2. The maximum absolute atomic E-state index is 11.8. The molecule has 0 aliphatic rings. The van der Waals surface area contributed by atoms with Crippen LogP contribution < -0.4 is 5.32 Å². The smallest absolute Gasteiger partial charge is 0.408 e. The number of aliphatic hydroxyl groups excluding tert-OH is 1. The molecule has 1 amide bonds. The molecule has 0 unspecified atom stereocenters. The number of hydrogen-bond acceptors (Lipinski definition) is 6. The van der Waals surface area contributed by atoms with E-state index in [9.17, 15) is 14.7 Å². The summed E-state index contributed by atoms with van der Waals surface area (Å²) in [5.41, 5.74) is 0.294. The highest BCUT2D eigenvalue weighted by Crippen LogP contribution is 2.09. The lowest BCUT2D eigenvalue weighted by atomic mass is 10.1. The zero-order valence-corrected chi connectivity index (χ0v) is 15.2. The molecular formula is C18H27NO6. The summed E-state index contributed by atoms with van der Waals surface area (Å²) in [6.07, 6.45) is -1.80. The van der Waals surface area contributed by atoms with Gasteiger partial charge in [-0.25, -0.2) is 9.59 Å². The molecule has 0 saturated carbocycles. The second kappa shape index (κ2) is 10.0. The van der Waals surface area contributed by atoms with E-state index in [1.54, 1.807) is 20.8 Å². The highest BCUT2D eigenvalue weighted by Gasteiger charge is 2.31. The average Bonchev–Trinajstić information content (AvgIpc) is 2.55. The fourth-order valence-electron chi connectivity index (χ4n) is 2.01. The van der Waals surface area contributed by atoms with Crippen molar-refractivity contribution in [2.24, 2.45) is 0 Å². The van der Waals surface area contributed by atoms with Gasteiger partial charge in [-0.15, -0.1) is 0 Å². The van der Waals surface area contributed by atoms with Gasteiger partial charge >= 0.3 is 12.1 Å². The maximum Gasteiger partial charge on any atom is 0.408 e. The Kier molecular flexibility index (Phi) is 8.37. The molecular weight excluding hydrogens is 326 g/mol. The van der Waals surface area contributed by atoms with E-state index in [-0.39, 0.29) is 13.0 Å². The second-order valence-corrected chi connectivity index (χ2v) is 6.54. The van der Waals surface area contributed by atoms with Crippen LogP contribution >= 0.6 is 0 Å². The Hall–Kier alpha value is -2.12. The molecule has 0 heterocycles. The number of amides is 1. The van der Waals surface area contributed by atoms with Gasteiger partial charge in [0.2, 0.25) is 0 Å². The third kappa shape index (κ3) is 8.51. The molecule has 7 heteroatoms. The van der Waals surface area contributed by atoms with Crippen molar-refractivity contribution in [3.8, 4) is 0 Å². The van der Waals surface area contributed by atoms with Crippen LogP contribution in [0.15, 0.2) is 30.3 Å². The molecule has 2 N–H and O–H groups in total. The predicted octanol–water partition coefficient (Wildman–Crippen LogP) is 2.02. The Balaban J connectivity index is 2.48. The lowest BCUT2D eigenvalue weighted by molar-refractivity contribution is -0.146. The normalized spacial score (nSPS) is 13.6. The number of ether oxygens (including phenoxy) is 3. The standard InChI is InChI=1S/C18H27NO6/c1-18(2,3)25-17(22)19-15(16(21)23-4)14(20)10-11-24-12-13-8-6-5-7-9-13/h5-9,14-15,20H,10-12H2,1-4H3,(H,19,22)/t14-,15+/m1/s1.